The maximum absolute atomic E-state index is 12.0. The Labute approximate surface area is 135 Å². The predicted molar refractivity (Wildman–Crippen MR) is 87.2 cm³/mol. The van der Waals surface area contributed by atoms with Crippen LogP contribution in [0.25, 0.3) is 11.0 Å². The van der Waals surface area contributed by atoms with Gasteiger partial charge in [-0.3, -0.25) is 10.1 Å². The van der Waals surface area contributed by atoms with Crippen molar-refractivity contribution in [2.45, 2.75) is 33.4 Å². The Balaban J connectivity index is 2.00. The fourth-order valence-corrected chi connectivity index (χ4v) is 2.31. The number of rotatable bonds is 5. The number of hydrogen-bond acceptors (Lipinski definition) is 4. The first-order valence-corrected chi connectivity index (χ1v) is 7.42. The van der Waals surface area contributed by atoms with Gasteiger partial charge >= 0.3 is 6.03 Å². The van der Waals surface area contributed by atoms with Gasteiger partial charge in [0.1, 0.15) is 6.54 Å². The fraction of sp³-hybridized carbons (Fsp3) is 0.438. The third-order valence-corrected chi connectivity index (χ3v) is 3.60. The number of nitrogens with one attached hydrogen (secondary N) is 2. The molecule has 1 aromatic heterocycles. The summed E-state index contributed by atoms with van der Waals surface area (Å²) < 4.78 is 6.65. The van der Waals surface area contributed by atoms with E-state index < -0.39 is 11.9 Å². The van der Waals surface area contributed by atoms with Crippen LogP contribution in [0.1, 0.15) is 18.1 Å². The Morgan fingerprint density at radius 1 is 1.30 bits per heavy atom. The lowest BCUT2D eigenvalue weighted by Crippen LogP contribution is -2.45. The monoisotopic (exact) mass is 318 g/mol. The van der Waals surface area contributed by atoms with Gasteiger partial charge in [-0.1, -0.05) is 0 Å². The van der Waals surface area contributed by atoms with Crippen molar-refractivity contribution in [3.8, 4) is 0 Å². The molecular weight excluding hydrogens is 296 g/mol. The van der Waals surface area contributed by atoms with Gasteiger partial charge in [-0.05, 0) is 44.0 Å². The van der Waals surface area contributed by atoms with Crippen molar-refractivity contribution in [1.82, 2.24) is 20.2 Å². The lowest BCUT2D eigenvalue weighted by molar-refractivity contribution is -0.120. The average Bonchev–Trinajstić information content (AvgIpc) is 2.81. The van der Waals surface area contributed by atoms with E-state index in [1.165, 1.54) is 0 Å². The minimum absolute atomic E-state index is 0.0328. The maximum atomic E-state index is 12.0. The lowest BCUT2D eigenvalue weighted by Gasteiger charge is -2.13. The second kappa shape index (κ2) is 7.23. The van der Waals surface area contributed by atoms with Crippen LogP contribution < -0.4 is 10.6 Å². The molecular formula is C16H22N4O3. The minimum Gasteiger partial charge on any atom is -0.383 e. The highest BCUT2D eigenvalue weighted by atomic mass is 16.5. The van der Waals surface area contributed by atoms with Crippen LogP contribution in [0.4, 0.5) is 4.79 Å². The van der Waals surface area contributed by atoms with Crippen molar-refractivity contribution < 1.29 is 14.3 Å². The molecule has 1 aromatic carbocycles. The molecule has 2 rings (SSSR count). The zero-order valence-electron chi connectivity index (χ0n) is 13.8. The zero-order valence-corrected chi connectivity index (χ0v) is 13.8. The van der Waals surface area contributed by atoms with E-state index in [0.717, 1.165) is 22.2 Å². The van der Waals surface area contributed by atoms with Gasteiger partial charge in [0.05, 0.1) is 30.0 Å². The Hall–Kier alpha value is -2.41. The summed E-state index contributed by atoms with van der Waals surface area (Å²) in [6, 6.07) is 3.27. The number of ether oxygens (including phenoxy) is 1. The van der Waals surface area contributed by atoms with Crippen LogP contribution in [0, 0.1) is 13.8 Å². The first-order chi connectivity index (χ1) is 10.9. The highest BCUT2D eigenvalue weighted by Crippen LogP contribution is 2.18. The molecule has 23 heavy (non-hydrogen) atoms. The van der Waals surface area contributed by atoms with E-state index in [2.05, 4.69) is 15.6 Å². The number of nitrogens with zero attached hydrogens (tertiary/aromatic N) is 2. The number of benzene rings is 1. The van der Waals surface area contributed by atoms with E-state index in [9.17, 15) is 9.59 Å². The van der Waals surface area contributed by atoms with Crippen LogP contribution in [-0.2, 0) is 16.1 Å². The Morgan fingerprint density at radius 2 is 2.00 bits per heavy atom. The number of imide groups is 1. The van der Waals surface area contributed by atoms with E-state index in [-0.39, 0.29) is 12.6 Å². The van der Waals surface area contributed by atoms with Gasteiger partial charge < -0.3 is 14.6 Å². The highest BCUT2D eigenvalue weighted by Gasteiger charge is 2.13. The molecule has 3 amide bonds. The summed E-state index contributed by atoms with van der Waals surface area (Å²) in [5.41, 5.74) is 3.99. The molecule has 1 heterocycles. The standard InChI is InChI=1S/C16H22N4O3/c1-10-5-13-14(6-11(10)2)20(9-17-13)7-15(21)19-16(22)18-12(3)8-23-4/h5-6,9,12H,7-8H2,1-4H3,(H2,18,19,21,22)/t12-/m0/s1. The number of amides is 3. The number of aromatic nitrogens is 2. The zero-order chi connectivity index (χ0) is 17.0. The molecule has 0 aliphatic rings. The summed E-state index contributed by atoms with van der Waals surface area (Å²) in [7, 11) is 1.55. The lowest BCUT2D eigenvalue weighted by atomic mass is 10.1. The molecule has 0 aliphatic heterocycles. The minimum atomic E-state index is -0.531. The van der Waals surface area contributed by atoms with Crippen molar-refractivity contribution in [3.63, 3.8) is 0 Å². The number of carbonyl (C=O) groups is 2. The summed E-state index contributed by atoms with van der Waals surface area (Å²) in [6.07, 6.45) is 1.61. The number of carbonyl (C=O) groups excluding carboxylic acids is 2. The van der Waals surface area contributed by atoms with Crippen molar-refractivity contribution in [3.05, 3.63) is 29.6 Å². The van der Waals surface area contributed by atoms with E-state index in [4.69, 9.17) is 4.74 Å². The normalized spacial score (nSPS) is 12.2. The molecule has 124 valence electrons. The van der Waals surface area contributed by atoms with Gasteiger partial charge in [-0.25, -0.2) is 9.78 Å². The summed E-state index contributed by atoms with van der Waals surface area (Å²) in [4.78, 5) is 28.0. The largest absolute Gasteiger partial charge is 0.383 e. The van der Waals surface area contributed by atoms with Crippen molar-refractivity contribution in [1.29, 1.82) is 0 Å². The van der Waals surface area contributed by atoms with Crippen LogP contribution in [0.5, 0.6) is 0 Å². The molecule has 7 nitrogen and oxygen atoms in total. The summed E-state index contributed by atoms with van der Waals surface area (Å²) >= 11 is 0. The third kappa shape index (κ3) is 4.29. The van der Waals surface area contributed by atoms with E-state index in [1.807, 2.05) is 26.0 Å². The SMILES string of the molecule is COC[C@H](C)NC(=O)NC(=O)Cn1cnc2cc(C)c(C)cc21. The summed E-state index contributed by atoms with van der Waals surface area (Å²) in [6.45, 7) is 6.24. The summed E-state index contributed by atoms with van der Waals surface area (Å²) in [5.74, 6) is -0.398. The second-order valence-corrected chi connectivity index (χ2v) is 5.68. The molecule has 0 aliphatic carbocycles. The van der Waals surface area contributed by atoms with Gasteiger partial charge in [-0.2, -0.15) is 0 Å². The van der Waals surface area contributed by atoms with Crippen LogP contribution in [-0.4, -0.2) is 41.2 Å². The van der Waals surface area contributed by atoms with Crippen molar-refractivity contribution in [2.24, 2.45) is 0 Å². The van der Waals surface area contributed by atoms with E-state index >= 15 is 0 Å². The number of urea groups is 1. The van der Waals surface area contributed by atoms with Gasteiger partial charge in [0, 0.05) is 7.11 Å². The summed E-state index contributed by atoms with van der Waals surface area (Å²) in [5, 5.41) is 4.93. The molecule has 2 N–H and O–H groups in total. The van der Waals surface area contributed by atoms with Crippen LogP contribution in [0.15, 0.2) is 18.5 Å². The molecule has 0 fully saturated rings. The highest BCUT2D eigenvalue weighted by molar-refractivity contribution is 5.94. The Kier molecular flexibility index (Phi) is 5.33. The molecule has 0 bridgehead atoms. The van der Waals surface area contributed by atoms with E-state index in [0.29, 0.717) is 6.61 Å². The van der Waals surface area contributed by atoms with Crippen LogP contribution >= 0.6 is 0 Å². The average molecular weight is 318 g/mol. The van der Waals surface area contributed by atoms with Gasteiger partial charge in [0.15, 0.2) is 0 Å². The smallest absolute Gasteiger partial charge is 0.321 e. The fourth-order valence-electron chi connectivity index (χ4n) is 2.31. The number of imidazole rings is 1. The van der Waals surface area contributed by atoms with Gasteiger partial charge in [-0.15, -0.1) is 0 Å². The van der Waals surface area contributed by atoms with Gasteiger partial charge in [0.2, 0.25) is 5.91 Å². The molecule has 1 atom stereocenters. The molecule has 0 unspecified atom stereocenters. The quantitative estimate of drug-likeness (QED) is 0.875. The van der Waals surface area contributed by atoms with Crippen LogP contribution in [0.3, 0.4) is 0 Å². The number of hydrogen-bond donors (Lipinski definition) is 2. The molecule has 0 saturated carbocycles. The Bertz CT molecular complexity index is 723. The predicted octanol–water partition coefficient (Wildman–Crippen LogP) is 1.51. The molecule has 0 spiro atoms. The van der Waals surface area contributed by atoms with Crippen LogP contribution in [0.2, 0.25) is 0 Å². The molecule has 7 heteroatoms. The number of fused-ring (bicyclic) bond motifs is 1. The number of aryl methyl sites for hydroxylation is 2. The van der Waals surface area contributed by atoms with E-state index in [1.54, 1.807) is 24.9 Å². The first-order valence-electron chi connectivity index (χ1n) is 7.42. The van der Waals surface area contributed by atoms with Crippen molar-refractivity contribution >= 4 is 23.0 Å². The van der Waals surface area contributed by atoms with Gasteiger partial charge in [0.25, 0.3) is 0 Å². The van der Waals surface area contributed by atoms with Crippen molar-refractivity contribution in [2.75, 3.05) is 13.7 Å². The molecule has 0 radical (unpaired) electrons. The second-order valence-electron chi connectivity index (χ2n) is 5.68. The third-order valence-electron chi connectivity index (χ3n) is 3.60. The molecule has 0 saturated heterocycles. The molecule has 2 aromatic rings. The maximum Gasteiger partial charge on any atom is 0.321 e. The Morgan fingerprint density at radius 3 is 2.70 bits per heavy atom. The number of methoxy groups -OCH3 is 1. The topological polar surface area (TPSA) is 85.3 Å². The first kappa shape index (κ1) is 17.0.